The third kappa shape index (κ3) is 3.25. The highest BCUT2D eigenvalue weighted by molar-refractivity contribution is 6.30. The van der Waals surface area contributed by atoms with Crippen molar-refractivity contribution >= 4 is 17.3 Å². The Balaban J connectivity index is 2.26. The fourth-order valence-corrected chi connectivity index (χ4v) is 2.20. The van der Waals surface area contributed by atoms with Crippen LogP contribution in [0.15, 0.2) is 30.5 Å². The number of anilines is 1. The number of alkyl halides is 3. The molecule has 0 saturated heterocycles. The van der Waals surface area contributed by atoms with E-state index in [0.717, 1.165) is 17.8 Å². The van der Waals surface area contributed by atoms with Crippen molar-refractivity contribution in [3.8, 4) is 0 Å². The lowest BCUT2D eigenvalue weighted by Gasteiger charge is -2.17. The molecule has 0 radical (unpaired) electrons. The zero-order valence-corrected chi connectivity index (χ0v) is 11.6. The molecule has 0 bridgehead atoms. The van der Waals surface area contributed by atoms with Crippen molar-refractivity contribution in [3.05, 3.63) is 46.7 Å². The summed E-state index contributed by atoms with van der Waals surface area (Å²) in [6.45, 7) is 1.84. The normalized spacial score (nSPS) is 13.3. The first kappa shape index (κ1) is 14.7. The molecule has 1 N–H and O–H groups in total. The standard InChI is InChI=1S/C13H13ClF3N3/c1-8(12-3-4-18-20(12)2)19-11-6-9(13(15,16)17)5-10(14)7-11/h3-8,19H,1-2H3. The highest BCUT2D eigenvalue weighted by atomic mass is 35.5. The van der Waals surface area contributed by atoms with Crippen LogP contribution in [0, 0.1) is 0 Å². The molecule has 7 heteroatoms. The smallest absolute Gasteiger partial charge is 0.377 e. The number of benzene rings is 1. The van der Waals surface area contributed by atoms with Crippen LogP contribution in [-0.4, -0.2) is 9.78 Å². The molecular weight excluding hydrogens is 291 g/mol. The minimum atomic E-state index is -4.42. The zero-order valence-electron chi connectivity index (χ0n) is 10.9. The van der Waals surface area contributed by atoms with Crippen LogP contribution in [0.1, 0.15) is 24.2 Å². The summed E-state index contributed by atoms with van der Waals surface area (Å²) in [7, 11) is 1.77. The maximum absolute atomic E-state index is 12.7. The van der Waals surface area contributed by atoms with Gasteiger partial charge in [0, 0.05) is 24.0 Å². The topological polar surface area (TPSA) is 29.9 Å². The summed E-state index contributed by atoms with van der Waals surface area (Å²) in [4.78, 5) is 0. The maximum atomic E-state index is 12.7. The Morgan fingerprint density at radius 1 is 1.30 bits per heavy atom. The highest BCUT2D eigenvalue weighted by Crippen LogP contribution is 2.34. The fraction of sp³-hybridized carbons (Fsp3) is 0.308. The zero-order chi connectivity index (χ0) is 14.9. The summed E-state index contributed by atoms with van der Waals surface area (Å²) in [5, 5.41) is 7.06. The lowest BCUT2D eigenvalue weighted by atomic mass is 10.1. The van der Waals surface area contributed by atoms with Gasteiger partial charge in [0.25, 0.3) is 0 Å². The van der Waals surface area contributed by atoms with E-state index < -0.39 is 11.7 Å². The summed E-state index contributed by atoms with van der Waals surface area (Å²) >= 11 is 5.74. The summed E-state index contributed by atoms with van der Waals surface area (Å²) < 4.78 is 39.8. The number of aryl methyl sites for hydroxylation is 1. The average Bonchev–Trinajstić information content (AvgIpc) is 2.73. The number of aromatic nitrogens is 2. The van der Waals surface area contributed by atoms with Gasteiger partial charge < -0.3 is 5.32 Å². The molecule has 1 unspecified atom stereocenters. The van der Waals surface area contributed by atoms with Crippen molar-refractivity contribution in [3.63, 3.8) is 0 Å². The summed E-state index contributed by atoms with van der Waals surface area (Å²) in [5.41, 5.74) is 0.404. The van der Waals surface area contributed by atoms with E-state index in [1.807, 2.05) is 6.92 Å². The minimum Gasteiger partial charge on any atom is -0.377 e. The largest absolute Gasteiger partial charge is 0.416 e. The van der Waals surface area contributed by atoms with Crippen LogP contribution in [0.25, 0.3) is 0 Å². The molecule has 0 spiro atoms. The van der Waals surface area contributed by atoms with Crippen molar-refractivity contribution in [1.82, 2.24) is 9.78 Å². The van der Waals surface area contributed by atoms with Crippen LogP contribution in [0.2, 0.25) is 5.02 Å². The van der Waals surface area contributed by atoms with Gasteiger partial charge in [0.1, 0.15) is 0 Å². The molecular formula is C13H13ClF3N3. The van der Waals surface area contributed by atoms with Crippen molar-refractivity contribution in [2.24, 2.45) is 7.05 Å². The van der Waals surface area contributed by atoms with Gasteiger partial charge >= 0.3 is 6.18 Å². The van der Waals surface area contributed by atoms with E-state index in [-0.39, 0.29) is 11.1 Å². The highest BCUT2D eigenvalue weighted by Gasteiger charge is 2.31. The quantitative estimate of drug-likeness (QED) is 0.918. The van der Waals surface area contributed by atoms with Gasteiger partial charge in [-0.1, -0.05) is 11.6 Å². The van der Waals surface area contributed by atoms with E-state index >= 15 is 0 Å². The third-order valence-corrected chi connectivity index (χ3v) is 3.13. The second kappa shape index (κ2) is 5.36. The third-order valence-electron chi connectivity index (χ3n) is 2.91. The van der Waals surface area contributed by atoms with Gasteiger partial charge in [0.2, 0.25) is 0 Å². The van der Waals surface area contributed by atoms with Gasteiger partial charge in [-0.15, -0.1) is 0 Å². The maximum Gasteiger partial charge on any atom is 0.416 e. The molecule has 108 valence electrons. The molecule has 0 fully saturated rings. The van der Waals surface area contributed by atoms with Gasteiger partial charge in [-0.25, -0.2) is 0 Å². The van der Waals surface area contributed by atoms with Crippen molar-refractivity contribution in [1.29, 1.82) is 0 Å². The van der Waals surface area contributed by atoms with Crippen LogP contribution in [0.3, 0.4) is 0 Å². The SMILES string of the molecule is CC(Nc1cc(Cl)cc(C(F)(F)F)c1)c1ccnn1C. The Morgan fingerprint density at radius 3 is 2.55 bits per heavy atom. The molecule has 1 atom stereocenters. The van der Waals surface area contributed by atoms with Crippen LogP contribution in [0.5, 0.6) is 0 Å². The average molecular weight is 304 g/mol. The molecule has 0 aliphatic rings. The number of rotatable bonds is 3. The number of hydrogen-bond donors (Lipinski definition) is 1. The first-order valence-corrected chi connectivity index (χ1v) is 6.27. The molecule has 2 aromatic rings. The minimum absolute atomic E-state index is 0.0412. The first-order valence-electron chi connectivity index (χ1n) is 5.89. The van der Waals surface area contributed by atoms with Gasteiger partial charge in [0.05, 0.1) is 17.3 Å². The van der Waals surface area contributed by atoms with E-state index in [0.29, 0.717) is 5.69 Å². The molecule has 0 aliphatic carbocycles. The second-order valence-electron chi connectivity index (χ2n) is 4.47. The Bertz CT molecular complexity index is 607. The van der Waals surface area contributed by atoms with E-state index in [2.05, 4.69) is 10.4 Å². The van der Waals surface area contributed by atoms with Crippen LogP contribution >= 0.6 is 11.6 Å². The van der Waals surface area contributed by atoms with Crippen LogP contribution in [-0.2, 0) is 13.2 Å². The predicted molar refractivity (Wildman–Crippen MR) is 71.7 cm³/mol. The van der Waals surface area contributed by atoms with Gasteiger partial charge in [-0.05, 0) is 31.2 Å². The Labute approximate surface area is 119 Å². The van der Waals surface area contributed by atoms with Crippen LogP contribution in [0.4, 0.5) is 18.9 Å². The molecule has 1 aromatic carbocycles. The summed E-state index contributed by atoms with van der Waals surface area (Å²) in [6.07, 6.45) is -2.79. The second-order valence-corrected chi connectivity index (χ2v) is 4.91. The number of halogens is 4. The van der Waals surface area contributed by atoms with Crippen molar-refractivity contribution in [2.45, 2.75) is 19.1 Å². The van der Waals surface area contributed by atoms with E-state index in [1.54, 1.807) is 24.0 Å². The molecule has 3 nitrogen and oxygen atoms in total. The van der Waals surface area contributed by atoms with Crippen molar-refractivity contribution in [2.75, 3.05) is 5.32 Å². The molecule has 0 aliphatic heterocycles. The monoisotopic (exact) mass is 303 g/mol. The van der Waals surface area contributed by atoms with Crippen molar-refractivity contribution < 1.29 is 13.2 Å². The number of nitrogens with zero attached hydrogens (tertiary/aromatic N) is 2. The van der Waals surface area contributed by atoms with Crippen LogP contribution < -0.4 is 5.32 Å². The predicted octanol–water partition coefficient (Wildman–Crippen LogP) is 4.27. The van der Waals surface area contributed by atoms with Gasteiger partial charge in [-0.3, -0.25) is 4.68 Å². The Morgan fingerprint density at radius 2 is 2.00 bits per heavy atom. The van der Waals surface area contributed by atoms with Gasteiger partial charge in [-0.2, -0.15) is 18.3 Å². The Hall–Kier alpha value is -1.69. The molecule has 0 amide bonds. The fourth-order valence-electron chi connectivity index (χ4n) is 1.97. The lowest BCUT2D eigenvalue weighted by Crippen LogP contribution is -2.12. The lowest BCUT2D eigenvalue weighted by molar-refractivity contribution is -0.137. The number of hydrogen-bond acceptors (Lipinski definition) is 2. The molecule has 1 heterocycles. The first-order chi connectivity index (χ1) is 9.27. The Kier molecular flexibility index (Phi) is 3.94. The number of nitrogens with one attached hydrogen (secondary N) is 1. The van der Waals surface area contributed by atoms with E-state index in [4.69, 9.17) is 11.6 Å². The molecule has 2 rings (SSSR count). The molecule has 0 saturated carbocycles. The van der Waals surface area contributed by atoms with Gasteiger partial charge in [0.15, 0.2) is 0 Å². The summed E-state index contributed by atoms with van der Waals surface area (Å²) in [5.74, 6) is 0. The molecule has 20 heavy (non-hydrogen) atoms. The molecule has 1 aromatic heterocycles. The van der Waals surface area contributed by atoms with E-state index in [1.165, 1.54) is 6.07 Å². The summed E-state index contributed by atoms with van der Waals surface area (Å²) in [6, 6.07) is 5.01. The van der Waals surface area contributed by atoms with E-state index in [9.17, 15) is 13.2 Å².